The monoisotopic (exact) mass is 439 g/mol. The summed E-state index contributed by atoms with van der Waals surface area (Å²) in [5.41, 5.74) is -0.266. The van der Waals surface area contributed by atoms with E-state index in [0.717, 1.165) is 23.1 Å². The molecule has 2 aromatic rings. The van der Waals surface area contributed by atoms with Crippen LogP contribution in [0, 0.1) is 5.82 Å². The Hall–Kier alpha value is -3.14. The molecule has 2 unspecified atom stereocenters. The molecule has 2 aromatic carbocycles. The standard InChI is InChI=1S/C21H21F4N3O3/c1-11(13-4-7-18(31-3)15(22)8-13)26-12(2)20(30)28-10-19(29)27-16-9-14(21(23,24)25)5-6-17(16)28/h4-9,11-12,26H,10H2,1-3H3,(H,27,29). The number of alkyl halides is 3. The van der Waals surface area contributed by atoms with Crippen molar-refractivity contribution in [3.05, 3.63) is 53.3 Å². The van der Waals surface area contributed by atoms with Gasteiger partial charge in [0, 0.05) is 6.04 Å². The van der Waals surface area contributed by atoms with Gasteiger partial charge < -0.3 is 10.1 Å². The molecule has 0 saturated carbocycles. The second kappa shape index (κ2) is 8.54. The Kier molecular flexibility index (Phi) is 6.21. The van der Waals surface area contributed by atoms with E-state index in [4.69, 9.17) is 4.74 Å². The molecular weight excluding hydrogens is 418 g/mol. The van der Waals surface area contributed by atoms with Crippen molar-refractivity contribution >= 4 is 23.2 Å². The number of rotatable bonds is 5. The third kappa shape index (κ3) is 4.79. The van der Waals surface area contributed by atoms with E-state index in [-0.39, 0.29) is 23.7 Å². The lowest BCUT2D eigenvalue weighted by Crippen LogP contribution is -2.50. The minimum absolute atomic E-state index is 0.0862. The van der Waals surface area contributed by atoms with Gasteiger partial charge in [0.2, 0.25) is 11.8 Å². The van der Waals surface area contributed by atoms with Crippen LogP contribution in [-0.4, -0.2) is 31.5 Å². The molecule has 2 N–H and O–H groups in total. The summed E-state index contributed by atoms with van der Waals surface area (Å²) in [4.78, 5) is 26.1. The highest BCUT2D eigenvalue weighted by atomic mass is 19.4. The van der Waals surface area contributed by atoms with Gasteiger partial charge in [-0.25, -0.2) is 4.39 Å². The molecule has 6 nitrogen and oxygen atoms in total. The van der Waals surface area contributed by atoms with E-state index in [9.17, 15) is 27.2 Å². The topological polar surface area (TPSA) is 70.7 Å². The average molecular weight is 439 g/mol. The lowest BCUT2D eigenvalue weighted by atomic mass is 10.1. The summed E-state index contributed by atoms with van der Waals surface area (Å²) in [5.74, 6) is -1.56. The number of fused-ring (bicyclic) bond motifs is 1. The number of benzene rings is 2. The van der Waals surface area contributed by atoms with Gasteiger partial charge in [-0.3, -0.25) is 19.8 Å². The third-order valence-corrected chi connectivity index (χ3v) is 5.00. The first-order valence-corrected chi connectivity index (χ1v) is 9.43. The maximum atomic E-state index is 14.0. The fraction of sp³-hybridized carbons (Fsp3) is 0.333. The van der Waals surface area contributed by atoms with Crippen LogP contribution in [0.3, 0.4) is 0 Å². The second-order valence-electron chi connectivity index (χ2n) is 7.21. The minimum atomic E-state index is -4.58. The number of ether oxygens (including phenoxy) is 1. The van der Waals surface area contributed by atoms with Crippen LogP contribution >= 0.6 is 0 Å². The Morgan fingerprint density at radius 3 is 2.52 bits per heavy atom. The van der Waals surface area contributed by atoms with Crippen molar-refractivity contribution in [1.29, 1.82) is 0 Å². The van der Waals surface area contributed by atoms with Crippen LogP contribution in [-0.2, 0) is 15.8 Å². The maximum Gasteiger partial charge on any atom is 0.416 e. The summed E-state index contributed by atoms with van der Waals surface area (Å²) in [6.45, 7) is 2.97. The van der Waals surface area contributed by atoms with Crippen molar-refractivity contribution in [3.8, 4) is 5.75 Å². The summed E-state index contributed by atoms with van der Waals surface area (Å²) in [7, 11) is 1.35. The number of carbonyl (C=O) groups excluding carboxylic acids is 2. The first-order chi connectivity index (χ1) is 14.5. The van der Waals surface area contributed by atoms with Crippen LogP contribution in [0.1, 0.15) is 31.0 Å². The number of hydrogen-bond acceptors (Lipinski definition) is 4. The molecule has 3 rings (SSSR count). The van der Waals surface area contributed by atoms with E-state index >= 15 is 0 Å². The van der Waals surface area contributed by atoms with Gasteiger partial charge in [0.15, 0.2) is 11.6 Å². The van der Waals surface area contributed by atoms with E-state index in [1.807, 2.05) is 0 Å². The fourth-order valence-electron chi connectivity index (χ4n) is 3.39. The van der Waals surface area contributed by atoms with Gasteiger partial charge in [-0.05, 0) is 49.7 Å². The van der Waals surface area contributed by atoms with Gasteiger partial charge in [0.05, 0.1) is 30.1 Å². The van der Waals surface area contributed by atoms with Gasteiger partial charge in [-0.2, -0.15) is 13.2 Å². The number of anilines is 2. The maximum absolute atomic E-state index is 14.0. The number of nitrogens with zero attached hydrogens (tertiary/aromatic N) is 1. The zero-order valence-electron chi connectivity index (χ0n) is 17.0. The van der Waals surface area contributed by atoms with Crippen molar-refractivity contribution in [2.75, 3.05) is 23.9 Å². The average Bonchev–Trinajstić information content (AvgIpc) is 2.71. The highest BCUT2D eigenvalue weighted by molar-refractivity contribution is 6.11. The molecule has 0 bridgehead atoms. The molecule has 1 aliphatic rings. The molecule has 0 saturated heterocycles. The molecule has 10 heteroatoms. The Morgan fingerprint density at radius 1 is 1.19 bits per heavy atom. The number of carbonyl (C=O) groups is 2. The molecule has 2 amide bonds. The van der Waals surface area contributed by atoms with Crippen molar-refractivity contribution in [1.82, 2.24) is 5.32 Å². The molecule has 0 aromatic heterocycles. The van der Waals surface area contributed by atoms with Gasteiger partial charge in [-0.15, -0.1) is 0 Å². The van der Waals surface area contributed by atoms with E-state index in [1.54, 1.807) is 19.9 Å². The predicted octanol–water partition coefficient (Wildman–Crippen LogP) is 3.88. The summed E-state index contributed by atoms with van der Waals surface area (Å²) in [6, 6.07) is 6.00. The van der Waals surface area contributed by atoms with Gasteiger partial charge in [0.1, 0.15) is 6.54 Å². The third-order valence-electron chi connectivity index (χ3n) is 5.00. The largest absolute Gasteiger partial charge is 0.494 e. The first kappa shape index (κ1) is 22.5. The van der Waals surface area contributed by atoms with Crippen LogP contribution in [0.25, 0.3) is 0 Å². The highest BCUT2D eigenvalue weighted by Crippen LogP contribution is 2.37. The Balaban J connectivity index is 1.79. The van der Waals surface area contributed by atoms with Gasteiger partial charge in [0.25, 0.3) is 0 Å². The molecule has 0 radical (unpaired) electrons. The number of amides is 2. The van der Waals surface area contributed by atoms with Crippen LogP contribution in [0.5, 0.6) is 5.75 Å². The molecule has 1 aliphatic heterocycles. The molecule has 0 spiro atoms. The lowest BCUT2D eigenvalue weighted by Gasteiger charge is -2.32. The van der Waals surface area contributed by atoms with Crippen molar-refractivity contribution < 1.29 is 31.9 Å². The van der Waals surface area contributed by atoms with E-state index in [0.29, 0.717) is 5.56 Å². The second-order valence-corrected chi connectivity index (χ2v) is 7.21. The molecule has 2 atom stereocenters. The Labute approximate surface area is 176 Å². The van der Waals surface area contributed by atoms with Crippen LogP contribution in [0.4, 0.5) is 28.9 Å². The molecule has 0 aliphatic carbocycles. The molecule has 166 valence electrons. The SMILES string of the molecule is COc1ccc(C(C)NC(C)C(=O)N2CC(=O)Nc3cc(C(F)(F)F)ccc32)cc1F. The zero-order chi connectivity index (χ0) is 22.9. The summed E-state index contributed by atoms with van der Waals surface area (Å²) in [5, 5.41) is 5.40. The van der Waals surface area contributed by atoms with Crippen LogP contribution < -0.4 is 20.3 Å². The summed E-state index contributed by atoms with van der Waals surface area (Å²) >= 11 is 0. The minimum Gasteiger partial charge on any atom is -0.494 e. The summed E-state index contributed by atoms with van der Waals surface area (Å²) in [6.07, 6.45) is -4.58. The smallest absolute Gasteiger partial charge is 0.416 e. The molecule has 0 fully saturated rings. The normalized spacial score (nSPS) is 15.7. The van der Waals surface area contributed by atoms with E-state index in [2.05, 4.69) is 10.6 Å². The molecule has 1 heterocycles. The number of halogens is 4. The van der Waals surface area contributed by atoms with E-state index in [1.165, 1.54) is 19.2 Å². The lowest BCUT2D eigenvalue weighted by molar-refractivity contribution is -0.137. The van der Waals surface area contributed by atoms with Crippen molar-refractivity contribution in [2.45, 2.75) is 32.1 Å². The van der Waals surface area contributed by atoms with E-state index < -0.39 is 41.5 Å². The quantitative estimate of drug-likeness (QED) is 0.694. The number of methoxy groups -OCH3 is 1. The first-order valence-electron chi connectivity index (χ1n) is 9.43. The van der Waals surface area contributed by atoms with Crippen LogP contribution in [0.15, 0.2) is 36.4 Å². The Morgan fingerprint density at radius 2 is 1.90 bits per heavy atom. The van der Waals surface area contributed by atoms with Gasteiger partial charge >= 0.3 is 6.18 Å². The van der Waals surface area contributed by atoms with Crippen molar-refractivity contribution in [2.24, 2.45) is 0 Å². The van der Waals surface area contributed by atoms with Gasteiger partial charge in [-0.1, -0.05) is 6.07 Å². The zero-order valence-corrected chi connectivity index (χ0v) is 17.0. The number of hydrogen-bond donors (Lipinski definition) is 2. The fourth-order valence-corrected chi connectivity index (χ4v) is 3.39. The van der Waals surface area contributed by atoms with Crippen molar-refractivity contribution in [3.63, 3.8) is 0 Å². The van der Waals surface area contributed by atoms with Crippen LogP contribution in [0.2, 0.25) is 0 Å². The molecule has 31 heavy (non-hydrogen) atoms. The predicted molar refractivity (Wildman–Crippen MR) is 106 cm³/mol. The highest BCUT2D eigenvalue weighted by Gasteiger charge is 2.35. The summed E-state index contributed by atoms with van der Waals surface area (Å²) < 4.78 is 57.8. The molecular formula is C21H21F4N3O3. The Bertz CT molecular complexity index is 1010. The number of nitrogens with one attached hydrogen (secondary N) is 2.